The molecule has 32 heavy (non-hydrogen) atoms. The topological polar surface area (TPSA) is 70.2 Å². The van der Waals surface area contributed by atoms with E-state index in [1.165, 1.54) is 10.8 Å². The Morgan fingerprint density at radius 3 is 2.72 bits per heavy atom. The summed E-state index contributed by atoms with van der Waals surface area (Å²) in [6, 6.07) is 22.7. The van der Waals surface area contributed by atoms with Gasteiger partial charge in [0.15, 0.2) is 5.82 Å². The van der Waals surface area contributed by atoms with Crippen molar-refractivity contribution in [3.05, 3.63) is 84.3 Å². The van der Waals surface area contributed by atoms with Crippen LogP contribution in [-0.4, -0.2) is 27.3 Å². The molecule has 0 aliphatic rings. The molecule has 6 nitrogen and oxygen atoms in total. The smallest absolute Gasteiger partial charge is 0.307 e. The van der Waals surface area contributed by atoms with Crippen molar-refractivity contribution in [3.8, 4) is 11.5 Å². The van der Waals surface area contributed by atoms with Crippen molar-refractivity contribution in [3.63, 3.8) is 0 Å². The minimum atomic E-state index is -0.206. The molecule has 0 spiro atoms. The van der Waals surface area contributed by atoms with Crippen molar-refractivity contribution in [1.29, 1.82) is 0 Å². The maximum Gasteiger partial charge on any atom is 0.307 e. The third kappa shape index (κ3) is 3.99. The highest BCUT2D eigenvalue weighted by molar-refractivity contribution is 5.94. The Bertz CT molecular complexity index is 1400. The van der Waals surface area contributed by atoms with Crippen LogP contribution in [0.5, 0.6) is 0 Å². The maximum atomic E-state index is 11.8. The summed E-state index contributed by atoms with van der Waals surface area (Å²) in [5, 5.41) is 7.63. The lowest BCUT2D eigenvalue weighted by Gasteiger charge is -2.04. The summed E-state index contributed by atoms with van der Waals surface area (Å²) in [6.45, 7) is 2.72. The van der Waals surface area contributed by atoms with Crippen molar-refractivity contribution >= 4 is 27.6 Å². The van der Waals surface area contributed by atoms with Crippen LogP contribution >= 0.6 is 0 Å². The van der Waals surface area contributed by atoms with Gasteiger partial charge in [-0.2, -0.15) is 4.98 Å². The van der Waals surface area contributed by atoms with Gasteiger partial charge in [-0.15, -0.1) is 0 Å². The molecule has 5 rings (SSSR count). The maximum absolute atomic E-state index is 11.8. The quantitative estimate of drug-likeness (QED) is 0.327. The molecule has 0 bridgehead atoms. The number of carbonyl (C=O) groups excluding carboxylic acids is 1. The number of esters is 1. The van der Waals surface area contributed by atoms with E-state index in [0.29, 0.717) is 37.7 Å². The molecule has 5 aromatic rings. The Morgan fingerprint density at radius 2 is 1.84 bits per heavy atom. The van der Waals surface area contributed by atoms with Crippen LogP contribution in [0.2, 0.25) is 0 Å². The molecule has 0 N–H and O–H groups in total. The summed E-state index contributed by atoms with van der Waals surface area (Å²) >= 11 is 0. The van der Waals surface area contributed by atoms with Crippen molar-refractivity contribution in [2.24, 2.45) is 0 Å². The number of benzene rings is 3. The average Bonchev–Trinajstić information content (AvgIpc) is 3.42. The summed E-state index contributed by atoms with van der Waals surface area (Å²) in [6.07, 6.45) is 2.87. The monoisotopic (exact) mass is 425 g/mol. The Morgan fingerprint density at radius 1 is 1.03 bits per heavy atom. The van der Waals surface area contributed by atoms with Gasteiger partial charge in [0, 0.05) is 30.1 Å². The van der Waals surface area contributed by atoms with Crippen molar-refractivity contribution in [1.82, 2.24) is 14.7 Å². The van der Waals surface area contributed by atoms with Crippen molar-refractivity contribution in [2.45, 2.75) is 26.3 Å². The van der Waals surface area contributed by atoms with Gasteiger partial charge in [0.05, 0.1) is 18.6 Å². The molecule has 160 valence electrons. The molecule has 0 unspecified atom stereocenters. The first kappa shape index (κ1) is 20.0. The second-order valence-corrected chi connectivity index (χ2v) is 7.68. The molecule has 0 saturated carbocycles. The summed E-state index contributed by atoms with van der Waals surface area (Å²) < 4.78 is 12.7. The fraction of sp³-hybridized carbons (Fsp3) is 0.192. The molecule has 0 fully saturated rings. The lowest BCUT2D eigenvalue weighted by molar-refractivity contribution is -0.143. The van der Waals surface area contributed by atoms with Crippen LogP contribution in [-0.2, 0) is 22.5 Å². The third-order valence-corrected chi connectivity index (χ3v) is 5.53. The molecule has 2 heterocycles. The van der Waals surface area contributed by atoms with Crippen molar-refractivity contribution in [2.75, 3.05) is 6.61 Å². The number of carbonyl (C=O) groups is 1. The van der Waals surface area contributed by atoms with Gasteiger partial charge < -0.3 is 13.8 Å². The molecule has 2 aromatic heterocycles. The van der Waals surface area contributed by atoms with Gasteiger partial charge in [0.1, 0.15) is 0 Å². The predicted molar refractivity (Wildman–Crippen MR) is 123 cm³/mol. The highest BCUT2D eigenvalue weighted by Crippen LogP contribution is 2.30. The average molecular weight is 425 g/mol. The zero-order valence-electron chi connectivity index (χ0n) is 17.8. The number of hydrogen-bond donors (Lipinski definition) is 0. The Labute approximate surface area is 185 Å². The van der Waals surface area contributed by atoms with Crippen LogP contribution in [0.1, 0.15) is 24.7 Å². The number of nitrogens with zero attached hydrogens (tertiary/aromatic N) is 3. The number of ether oxygens (including phenoxy) is 1. The second-order valence-electron chi connectivity index (χ2n) is 7.68. The van der Waals surface area contributed by atoms with Gasteiger partial charge in [-0.1, -0.05) is 65.8 Å². The SMILES string of the molecule is CCOC(=O)CCn1cc(-c2nc(Cc3ccc4ccccc4c3)no2)c2ccccc21. The zero-order valence-corrected chi connectivity index (χ0v) is 17.8. The predicted octanol–water partition coefficient (Wildman–Crippen LogP) is 5.39. The minimum Gasteiger partial charge on any atom is -0.466 e. The van der Waals surface area contributed by atoms with E-state index >= 15 is 0 Å². The molecule has 0 amide bonds. The first-order valence-corrected chi connectivity index (χ1v) is 10.8. The molecular weight excluding hydrogens is 402 g/mol. The zero-order chi connectivity index (χ0) is 21.9. The number of fused-ring (bicyclic) bond motifs is 2. The van der Waals surface area contributed by atoms with Gasteiger partial charge in [0.2, 0.25) is 0 Å². The van der Waals surface area contributed by atoms with Crippen LogP contribution in [0, 0.1) is 0 Å². The van der Waals surface area contributed by atoms with E-state index in [9.17, 15) is 4.79 Å². The van der Waals surface area contributed by atoms with E-state index in [4.69, 9.17) is 9.26 Å². The van der Waals surface area contributed by atoms with E-state index < -0.39 is 0 Å². The van der Waals surface area contributed by atoms with E-state index in [0.717, 1.165) is 22.0 Å². The third-order valence-electron chi connectivity index (χ3n) is 5.53. The van der Waals surface area contributed by atoms with E-state index in [2.05, 4.69) is 40.5 Å². The summed E-state index contributed by atoms with van der Waals surface area (Å²) in [5.41, 5.74) is 3.01. The second kappa shape index (κ2) is 8.67. The lowest BCUT2D eigenvalue weighted by atomic mass is 10.1. The largest absolute Gasteiger partial charge is 0.466 e. The molecule has 0 aliphatic carbocycles. The van der Waals surface area contributed by atoms with Crippen molar-refractivity contribution < 1.29 is 14.1 Å². The fourth-order valence-corrected chi connectivity index (χ4v) is 4.01. The highest BCUT2D eigenvalue weighted by atomic mass is 16.5. The molecule has 3 aromatic carbocycles. The normalized spacial score (nSPS) is 11.3. The minimum absolute atomic E-state index is 0.206. The number of aryl methyl sites for hydroxylation is 1. The van der Waals surface area contributed by atoms with Gasteiger partial charge in [-0.25, -0.2) is 0 Å². The first-order valence-electron chi connectivity index (χ1n) is 10.8. The summed E-state index contributed by atoms with van der Waals surface area (Å²) in [5.74, 6) is 0.910. The summed E-state index contributed by atoms with van der Waals surface area (Å²) in [4.78, 5) is 16.5. The van der Waals surface area contributed by atoms with Crippen LogP contribution in [0.15, 0.2) is 77.4 Å². The fourth-order valence-electron chi connectivity index (χ4n) is 4.01. The van der Waals surface area contributed by atoms with Gasteiger partial charge in [-0.3, -0.25) is 4.79 Å². The summed E-state index contributed by atoms with van der Waals surface area (Å²) in [7, 11) is 0. The number of aromatic nitrogens is 3. The molecule has 0 radical (unpaired) electrons. The lowest BCUT2D eigenvalue weighted by Crippen LogP contribution is -2.08. The standard InChI is InChI=1S/C26H23N3O3/c1-2-31-25(30)13-14-29-17-22(21-9-5-6-10-23(21)29)26-27-24(28-32-26)16-18-11-12-19-7-3-4-8-20(19)15-18/h3-12,15,17H,2,13-14,16H2,1H3. The molecule has 6 heteroatoms. The number of hydrogen-bond acceptors (Lipinski definition) is 5. The van der Waals surface area contributed by atoms with E-state index in [-0.39, 0.29) is 5.97 Å². The van der Waals surface area contributed by atoms with Crippen LogP contribution in [0.3, 0.4) is 0 Å². The number of rotatable bonds is 7. The van der Waals surface area contributed by atoms with Crippen LogP contribution < -0.4 is 0 Å². The molecule has 0 atom stereocenters. The molecule has 0 aliphatic heterocycles. The van der Waals surface area contributed by atoms with Crippen LogP contribution in [0.4, 0.5) is 0 Å². The Hall–Kier alpha value is -3.93. The Balaban J connectivity index is 1.41. The van der Waals surface area contributed by atoms with E-state index in [1.807, 2.05) is 54.1 Å². The molecular formula is C26H23N3O3. The van der Waals surface area contributed by atoms with Gasteiger partial charge >= 0.3 is 5.97 Å². The number of para-hydroxylation sites is 1. The van der Waals surface area contributed by atoms with Gasteiger partial charge in [0.25, 0.3) is 5.89 Å². The Kier molecular flexibility index (Phi) is 5.42. The van der Waals surface area contributed by atoms with Gasteiger partial charge in [-0.05, 0) is 29.3 Å². The van der Waals surface area contributed by atoms with E-state index in [1.54, 1.807) is 0 Å². The first-order chi connectivity index (χ1) is 15.7. The molecule has 0 saturated heterocycles. The van der Waals surface area contributed by atoms with Crippen LogP contribution in [0.25, 0.3) is 33.1 Å². The highest BCUT2D eigenvalue weighted by Gasteiger charge is 2.17.